The van der Waals surface area contributed by atoms with Gasteiger partial charge in [0.1, 0.15) is 12.4 Å². The summed E-state index contributed by atoms with van der Waals surface area (Å²) in [4.78, 5) is 43.1. The predicted molar refractivity (Wildman–Crippen MR) is 135 cm³/mol. The number of likely N-dealkylation sites (tertiary alicyclic amines) is 1. The average Bonchev–Trinajstić information content (AvgIpc) is 3.32. The van der Waals surface area contributed by atoms with Crippen molar-refractivity contribution in [3.63, 3.8) is 0 Å². The number of pyridine rings is 1. The van der Waals surface area contributed by atoms with E-state index < -0.39 is 35.9 Å². The fourth-order valence-electron chi connectivity index (χ4n) is 4.97. The number of alkyl halides is 3. The number of hydroxylamine groups is 1. The fraction of sp³-hybridized carbons (Fsp3) is 0.333. The minimum Gasteiger partial charge on any atom is -0.489 e. The molecular formula is C27H27F3N4O5. The zero-order valence-electron chi connectivity index (χ0n) is 21.3. The van der Waals surface area contributed by atoms with Crippen molar-refractivity contribution in [2.75, 3.05) is 18.0 Å². The number of halogens is 3. The van der Waals surface area contributed by atoms with Gasteiger partial charge in [0.15, 0.2) is 0 Å². The Labute approximate surface area is 222 Å². The van der Waals surface area contributed by atoms with Crippen LogP contribution in [0.25, 0.3) is 10.9 Å². The van der Waals surface area contributed by atoms with Gasteiger partial charge in [-0.15, -0.1) is 0 Å². The molecule has 2 N–H and O–H groups in total. The molecule has 39 heavy (non-hydrogen) atoms. The zero-order valence-corrected chi connectivity index (χ0v) is 21.3. The molecule has 2 heterocycles. The Morgan fingerprint density at radius 2 is 1.85 bits per heavy atom. The summed E-state index contributed by atoms with van der Waals surface area (Å²) in [5.41, 5.74) is 2.03. The molecule has 1 saturated heterocycles. The molecule has 9 nitrogen and oxygen atoms in total. The summed E-state index contributed by atoms with van der Waals surface area (Å²) in [6.07, 6.45) is -6.02. The Morgan fingerprint density at radius 3 is 2.46 bits per heavy atom. The molecule has 1 aromatic heterocycles. The van der Waals surface area contributed by atoms with E-state index in [2.05, 4.69) is 4.98 Å². The van der Waals surface area contributed by atoms with E-state index in [0.717, 1.165) is 22.2 Å². The van der Waals surface area contributed by atoms with Crippen molar-refractivity contribution in [2.24, 2.45) is 0 Å². The maximum Gasteiger partial charge on any atom is 0.471 e. The Kier molecular flexibility index (Phi) is 7.77. The number of rotatable bonds is 7. The first kappa shape index (κ1) is 27.8. The molecule has 1 aliphatic heterocycles. The molecule has 3 aromatic rings. The number of carbonyl (C=O) groups is 3. The Balaban J connectivity index is 1.65. The molecule has 0 bridgehead atoms. The number of nitrogens with zero attached hydrogens (tertiary/aromatic N) is 3. The van der Waals surface area contributed by atoms with Gasteiger partial charge in [0, 0.05) is 42.3 Å². The van der Waals surface area contributed by atoms with Crippen LogP contribution in [0, 0.1) is 6.92 Å². The van der Waals surface area contributed by atoms with E-state index >= 15 is 0 Å². The predicted octanol–water partition coefficient (Wildman–Crippen LogP) is 3.90. The van der Waals surface area contributed by atoms with Gasteiger partial charge in [0.25, 0.3) is 0 Å². The van der Waals surface area contributed by atoms with E-state index in [1.165, 1.54) is 41.6 Å². The SMILES string of the molecule is CC(=O)N1CCC(CC(=O)NO)(N(C(=O)C(F)(F)F)c2ccc(OCc3cc(C)nc4ccccc34)cc2)C1. The van der Waals surface area contributed by atoms with Gasteiger partial charge < -0.3 is 9.64 Å². The Hall–Kier alpha value is -4.19. The molecule has 206 valence electrons. The van der Waals surface area contributed by atoms with E-state index in [-0.39, 0.29) is 31.8 Å². The first-order valence-electron chi connectivity index (χ1n) is 12.1. The fourth-order valence-corrected chi connectivity index (χ4v) is 4.97. The number of para-hydroxylation sites is 1. The number of fused-ring (bicyclic) bond motifs is 1. The molecule has 0 radical (unpaired) electrons. The molecule has 0 spiro atoms. The van der Waals surface area contributed by atoms with Crippen molar-refractivity contribution in [1.82, 2.24) is 15.4 Å². The number of carbonyl (C=O) groups excluding carboxylic acids is 3. The maximum absolute atomic E-state index is 13.8. The third-order valence-corrected chi connectivity index (χ3v) is 6.73. The van der Waals surface area contributed by atoms with E-state index in [1.54, 1.807) is 0 Å². The molecular weight excluding hydrogens is 517 g/mol. The molecule has 4 rings (SSSR count). The molecule has 3 amide bonds. The molecule has 1 atom stereocenters. The van der Waals surface area contributed by atoms with Gasteiger partial charge in [-0.3, -0.25) is 29.5 Å². The molecule has 0 aliphatic carbocycles. The normalized spacial score (nSPS) is 17.2. The largest absolute Gasteiger partial charge is 0.489 e. The monoisotopic (exact) mass is 544 g/mol. The van der Waals surface area contributed by atoms with Gasteiger partial charge in [-0.1, -0.05) is 18.2 Å². The van der Waals surface area contributed by atoms with Crippen LogP contribution in [0.15, 0.2) is 54.6 Å². The summed E-state index contributed by atoms with van der Waals surface area (Å²) in [7, 11) is 0. The summed E-state index contributed by atoms with van der Waals surface area (Å²) in [5, 5.41) is 9.99. The van der Waals surface area contributed by atoms with Crippen LogP contribution in [0.4, 0.5) is 18.9 Å². The van der Waals surface area contributed by atoms with Gasteiger partial charge in [0.05, 0.1) is 17.5 Å². The molecule has 2 aromatic carbocycles. The number of anilines is 1. The summed E-state index contributed by atoms with van der Waals surface area (Å²) in [6.45, 7) is 3.00. The Bertz CT molecular complexity index is 1400. The summed E-state index contributed by atoms with van der Waals surface area (Å²) in [6, 6.07) is 14.9. The molecule has 0 saturated carbocycles. The van der Waals surface area contributed by atoms with Crippen molar-refractivity contribution in [1.29, 1.82) is 0 Å². The number of aryl methyl sites for hydroxylation is 1. The molecule has 1 fully saturated rings. The summed E-state index contributed by atoms with van der Waals surface area (Å²) >= 11 is 0. The number of nitrogens with one attached hydrogen (secondary N) is 1. The van der Waals surface area contributed by atoms with Gasteiger partial charge in [0.2, 0.25) is 11.8 Å². The first-order valence-corrected chi connectivity index (χ1v) is 12.1. The highest BCUT2D eigenvalue weighted by molar-refractivity contribution is 6.00. The molecule has 1 unspecified atom stereocenters. The van der Waals surface area contributed by atoms with Crippen LogP contribution in [-0.2, 0) is 21.0 Å². The average molecular weight is 545 g/mol. The van der Waals surface area contributed by atoms with E-state index in [0.29, 0.717) is 10.6 Å². The zero-order chi connectivity index (χ0) is 28.4. The molecule has 12 heteroatoms. The topological polar surface area (TPSA) is 112 Å². The van der Waals surface area contributed by atoms with E-state index in [1.807, 2.05) is 37.3 Å². The minimum absolute atomic E-state index is 0.0379. The van der Waals surface area contributed by atoms with Gasteiger partial charge >= 0.3 is 12.1 Å². The first-order chi connectivity index (χ1) is 18.4. The highest BCUT2D eigenvalue weighted by Gasteiger charge is 2.54. The van der Waals surface area contributed by atoms with Crippen molar-refractivity contribution in [3.05, 3.63) is 65.9 Å². The number of hydrogen-bond acceptors (Lipinski definition) is 6. The Morgan fingerprint density at radius 1 is 1.15 bits per heavy atom. The maximum atomic E-state index is 13.8. The standard InChI is InChI=1S/C27H27F3N4O5/c1-17-13-19(22-5-3-4-6-23(22)31-17)15-39-21-9-7-20(8-10-21)34(25(37)27(28,29)30)26(14-24(36)32-38)11-12-33(16-26)18(2)35/h3-10,13,38H,11-12,14-16H2,1-2H3,(H,32,36). The van der Waals surface area contributed by atoms with Gasteiger partial charge in [-0.25, -0.2) is 5.48 Å². The number of ether oxygens (including phenoxy) is 1. The van der Waals surface area contributed by atoms with Crippen molar-refractivity contribution in [2.45, 2.75) is 45.0 Å². The second-order valence-corrected chi connectivity index (χ2v) is 9.49. The highest BCUT2D eigenvalue weighted by Crippen LogP contribution is 2.39. The summed E-state index contributed by atoms with van der Waals surface area (Å²) in [5.74, 6) is -3.25. The van der Waals surface area contributed by atoms with Crippen LogP contribution in [-0.4, -0.2) is 57.6 Å². The second kappa shape index (κ2) is 10.9. The van der Waals surface area contributed by atoms with Crippen LogP contribution in [0.5, 0.6) is 5.75 Å². The van der Waals surface area contributed by atoms with Crippen molar-refractivity contribution < 1.29 is 37.5 Å². The van der Waals surface area contributed by atoms with Crippen LogP contribution >= 0.6 is 0 Å². The second-order valence-electron chi connectivity index (χ2n) is 9.49. The van der Waals surface area contributed by atoms with Gasteiger partial charge in [-0.2, -0.15) is 13.2 Å². The smallest absolute Gasteiger partial charge is 0.471 e. The van der Waals surface area contributed by atoms with Crippen molar-refractivity contribution in [3.8, 4) is 5.75 Å². The van der Waals surface area contributed by atoms with Crippen molar-refractivity contribution >= 4 is 34.3 Å². The number of aromatic nitrogens is 1. The van der Waals surface area contributed by atoms with Crippen LogP contribution < -0.4 is 15.1 Å². The lowest BCUT2D eigenvalue weighted by Crippen LogP contribution is -2.59. The van der Waals surface area contributed by atoms with Crippen LogP contribution in [0.3, 0.4) is 0 Å². The molecule has 1 aliphatic rings. The lowest BCUT2D eigenvalue weighted by Gasteiger charge is -2.41. The quantitative estimate of drug-likeness (QED) is 0.345. The van der Waals surface area contributed by atoms with Crippen LogP contribution in [0.1, 0.15) is 31.0 Å². The number of benzene rings is 2. The third kappa shape index (κ3) is 5.95. The van der Waals surface area contributed by atoms with Gasteiger partial charge in [-0.05, 0) is 49.7 Å². The van der Waals surface area contributed by atoms with Crippen LogP contribution in [0.2, 0.25) is 0 Å². The van der Waals surface area contributed by atoms with E-state index in [9.17, 15) is 27.6 Å². The third-order valence-electron chi connectivity index (χ3n) is 6.73. The van der Waals surface area contributed by atoms with E-state index in [4.69, 9.17) is 9.94 Å². The number of hydrogen-bond donors (Lipinski definition) is 2. The minimum atomic E-state index is -5.26. The number of amides is 3. The lowest BCUT2D eigenvalue weighted by atomic mass is 9.90. The lowest BCUT2D eigenvalue weighted by molar-refractivity contribution is -0.172. The summed E-state index contributed by atoms with van der Waals surface area (Å²) < 4.78 is 47.2. The highest BCUT2D eigenvalue weighted by atomic mass is 19.4.